The molecule has 236 valence electrons. The summed E-state index contributed by atoms with van der Waals surface area (Å²) in [6, 6.07) is 12.5. The topological polar surface area (TPSA) is 69.4 Å². The molecule has 1 amide bonds. The fourth-order valence-electron chi connectivity index (χ4n) is 7.27. The van der Waals surface area contributed by atoms with E-state index in [1.165, 1.54) is 11.3 Å². The Morgan fingerprint density at radius 1 is 1.16 bits per heavy atom. The number of carbonyl (C=O) groups is 1. The van der Waals surface area contributed by atoms with Crippen molar-refractivity contribution in [3.05, 3.63) is 76.5 Å². The molecular formula is C34H39ClFN7O2. The molecule has 45 heavy (non-hydrogen) atoms. The standard InChI is InChI=1S/C34H39ClFN7O2/c1-22(36)33(44)43-17-16-42(19-25(43)18-37-2)32-26-14-15-41(30-13-6-9-23-8-5-11-27(35)31(23)30)20-28(26)38-34(39-32)45-21-24-10-7-12-29(24)40(3)4/h5-6,8-9,11,13,24-25,29H,1,7,10,12,14-21H2,3-4H3/t24-,25-,29-/m0/s1. The van der Waals surface area contributed by atoms with Crippen molar-refractivity contribution in [1.29, 1.82) is 0 Å². The first-order chi connectivity index (χ1) is 21.7. The molecule has 1 aromatic heterocycles. The van der Waals surface area contributed by atoms with Crippen LogP contribution in [-0.2, 0) is 17.8 Å². The molecule has 1 saturated heterocycles. The molecule has 1 saturated carbocycles. The summed E-state index contributed by atoms with van der Waals surface area (Å²) >= 11 is 6.70. The minimum Gasteiger partial charge on any atom is -0.463 e. The normalized spacial score (nSPS) is 21.6. The van der Waals surface area contributed by atoms with Crippen LogP contribution in [0.2, 0.25) is 5.02 Å². The van der Waals surface area contributed by atoms with Gasteiger partial charge in [0.15, 0.2) is 5.83 Å². The third-order valence-corrected chi connectivity index (χ3v) is 9.80. The van der Waals surface area contributed by atoms with E-state index in [1.54, 1.807) is 0 Å². The van der Waals surface area contributed by atoms with Gasteiger partial charge in [-0.3, -0.25) is 4.79 Å². The third kappa shape index (κ3) is 6.29. The zero-order valence-electron chi connectivity index (χ0n) is 25.9. The van der Waals surface area contributed by atoms with Gasteiger partial charge in [-0.1, -0.05) is 48.9 Å². The smallest absolute Gasteiger partial charge is 0.318 e. The van der Waals surface area contributed by atoms with Crippen molar-refractivity contribution in [2.75, 3.05) is 63.2 Å². The van der Waals surface area contributed by atoms with Crippen molar-refractivity contribution in [3.8, 4) is 6.01 Å². The van der Waals surface area contributed by atoms with Gasteiger partial charge in [0.25, 0.3) is 5.91 Å². The Morgan fingerprint density at radius 3 is 2.71 bits per heavy atom. The van der Waals surface area contributed by atoms with Gasteiger partial charge in [0.1, 0.15) is 11.9 Å². The first-order valence-corrected chi connectivity index (χ1v) is 16.0. The molecule has 0 unspecified atom stereocenters. The average Bonchev–Trinajstić information content (AvgIpc) is 3.52. The Balaban J connectivity index is 1.34. The van der Waals surface area contributed by atoms with Crippen LogP contribution in [0.15, 0.2) is 48.8 Å². The maximum absolute atomic E-state index is 13.9. The number of anilines is 2. The molecule has 2 aliphatic heterocycles. The number of aromatic nitrogens is 2. The van der Waals surface area contributed by atoms with Crippen LogP contribution < -0.4 is 14.5 Å². The summed E-state index contributed by atoms with van der Waals surface area (Å²) in [7, 11) is 4.24. The largest absolute Gasteiger partial charge is 0.463 e. The Morgan fingerprint density at radius 2 is 1.96 bits per heavy atom. The minimum absolute atomic E-state index is 0.0649. The fraction of sp³-hybridized carbons (Fsp3) is 0.471. The van der Waals surface area contributed by atoms with E-state index in [0.29, 0.717) is 55.7 Å². The van der Waals surface area contributed by atoms with Gasteiger partial charge >= 0.3 is 6.01 Å². The summed E-state index contributed by atoms with van der Waals surface area (Å²) in [5, 5.41) is 2.81. The highest BCUT2D eigenvalue weighted by molar-refractivity contribution is 6.36. The lowest BCUT2D eigenvalue weighted by atomic mass is 10.0. The lowest BCUT2D eigenvalue weighted by molar-refractivity contribution is -0.131. The van der Waals surface area contributed by atoms with Crippen LogP contribution in [0.4, 0.5) is 15.9 Å². The summed E-state index contributed by atoms with van der Waals surface area (Å²) in [5.41, 5.74) is 2.98. The van der Waals surface area contributed by atoms with Gasteiger partial charge in [0, 0.05) is 54.8 Å². The highest BCUT2D eigenvalue weighted by atomic mass is 35.5. The van der Waals surface area contributed by atoms with E-state index in [4.69, 9.17) is 32.9 Å². The van der Waals surface area contributed by atoms with Crippen molar-refractivity contribution in [2.45, 2.75) is 44.3 Å². The van der Waals surface area contributed by atoms with E-state index in [2.05, 4.69) is 64.5 Å². The van der Waals surface area contributed by atoms with E-state index in [-0.39, 0.29) is 13.1 Å². The maximum atomic E-state index is 13.9. The molecule has 11 heteroatoms. The summed E-state index contributed by atoms with van der Waals surface area (Å²) in [6.07, 6.45) is 4.12. The summed E-state index contributed by atoms with van der Waals surface area (Å²) in [4.78, 5) is 34.2. The number of benzene rings is 2. The number of halogens is 2. The first kappa shape index (κ1) is 31.1. The fourth-order valence-corrected chi connectivity index (χ4v) is 7.54. The Bertz CT molecular complexity index is 1640. The molecule has 6 rings (SSSR count). The number of hydrogen-bond donors (Lipinski definition) is 0. The van der Waals surface area contributed by atoms with Crippen molar-refractivity contribution < 1.29 is 13.9 Å². The van der Waals surface area contributed by atoms with Crippen LogP contribution in [0.25, 0.3) is 15.6 Å². The number of carbonyl (C=O) groups excluding carboxylic acids is 1. The van der Waals surface area contributed by atoms with Crippen LogP contribution in [0.1, 0.15) is 30.5 Å². The SMILES string of the molecule is [C-]#[N+]C[C@H]1CN(c2nc(OC[C@@H]3CCC[C@@H]3N(C)C)nc3c2CCN(c2cccc4cccc(Cl)c24)C3)CCN1C(=O)C(=C)F. The molecule has 1 aliphatic carbocycles. The van der Waals surface area contributed by atoms with Gasteiger partial charge in [-0.2, -0.15) is 9.97 Å². The number of rotatable bonds is 8. The van der Waals surface area contributed by atoms with E-state index in [1.807, 2.05) is 12.1 Å². The highest BCUT2D eigenvalue weighted by Crippen LogP contribution is 2.37. The quantitative estimate of drug-likeness (QED) is 0.244. The molecule has 2 aromatic carbocycles. The van der Waals surface area contributed by atoms with Crippen molar-refractivity contribution >= 4 is 39.8 Å². The van der Waals surface area contributed by atoms with Crippen LogP contribution in [0.3, 0.4) is 0 Å². The number of ether oxygens (including phenoxy) is 1. The molecule has 9 nitrogen and oxygen atoms in total. The number of hydrogen-bond acceptors (Lipinski definition) is 7. The molecule has 0 bridgehead atoms. The van der Waals surface area contributed by atoms with Crippen LogP contribution >= 0.6 is 11.6 Å². The van der Waals surface area contributed by atoms with Gasteiger partial charge in [-0.15, -0.1) is 0 Å². The summed E-state index contributed by atoms with van der Waals surface area (Å²) in [5.74, 6) is -0.607. The van der Waals surface area contributed by atoms with E-state index in [9.17, 15) is 9.18 Å². The lowest BCUT2D eigenvalue weighted by Crippen LogP contribution is -2.57. The molecule has 0 N–H and O–H groups in total. The molecule has 0 radical (unpaired) electrons. The number of amides is 1. The highest BCUT2D eigenvalue weighted by Gasteiger charge is 2.37. The number of fused-ring (bicyclic) bond motifs is 2. The summed E-state index contributed by atoms with van der Waals surface area (Å²) < 4.78 is 20.2. The number of piperazine rings is 1. The van der Waals surface area contributed by atoms with Crippen molar-refractivity contribution in [1.82, 2.24) is 19.8 Å². The second kappa shape index (κ2) is 13.2. The van der Waals surface area contributed by atoms with Gasteiger partial charge in [-0.25, -0.2) is 11.0 Å². The zero-order valence-corrected chi connectivity index (χ0v) is 26.6. The van der Waals surface area contributed by atoms with Crippen molar-refractivity contribution in [2.24, 2.45) is 5.92 Å². The Labute approximate surface area is 269 Å². The van der Waals surface area contributed by atoms with Crippen LogP contribution in [0.5, 0.6) is 6.01 Å². The second-order valence-electron chi connectivity index (χ2n) is 12.4. The van der Waals surface area contributed by atoms with E-state index >= 15 is 0 Å². The Hall–Kier alpha value is -3.94. The van der Waals surface area contributed by atoms with Crippen LogP contribution in [0, 0.1) is 12.5 Å². The zero-order chi connectivity index (χ0) is 31.7. The van der Waals surface area contributed by atoms with Gasteiger partial charge in [0.2, 0.25) is 6.54 Å². The molecule has 3 aromatic rings. The summed E-state index contributed by atoms with van der Waals surface area (Å²) in [6.45, 7) is 13.6. The second-order valence-corrected chi connectivity index (χ2v) is 12.8. The Kier molecular flexibility index (Phi) is 9.11. The average molecular weight is 632 g/mol. The molecule has 0 spiro atoms. The first-order valence-electron chi connectivity index (χ1n) is 15.6. The minimum atomic E-state index is -1.01. The lowest BCUT2D eigenvalue weighted by Gasteiger charge is -2.41. The van der Waals surface area contributed by atoms with Crippen LogP contribution in [-0.4, -0.2) is 91.2 Å². The van der Waals surface area contributed by atoms with Gasteiger partial charge in [-0.05, 0) is 50.9 Å². The molecular weight excluding hydrogens is 593 g/mol. The van der Waals surface area contributed by atoms with E-state index in [0.717, 1.165) is 52.9 Å². The molecule has 3 heterocycles. The molecule has 3 atom stereocenters. The van der Waals surface area contributed by atoms with E-state index < -0.39 is 17.8 Å². The number of nitrogens with zero attached hydrogens (tertiary/aromatic N) is 7. The predicted molar refractivity (Wildman–Crippen MR) is 175 cm³/mol. The monoisotopic (exact) mass is 631 g/mol. The van der Waals surface area contributed by atoms with Crippen molar-refractivity contribution in [3.63, 3.8) is 0 Å². The third-order valence-electron chi connectivity index (χ3n) is 9.48. The molecule has 3 aliphatic rings. The van der Waals surface area contributed by atoms with Gasteiger partial charge in [0.05, 0.1) is 23.9 Å². The maximum Gasteiger partial charge on any atom is 0.318 e. The molecule has 2 fully saturated rings. The predicted octanol–water partition coefficient (Wildman–Crippen LogP) is 5.37. The van der Waals surface area contributed by atoms with Gasteiger partial charge < -0.3 is 29.2 Å².